The van der Waals surface area contributed by atoms with Crippen molar-refractivity contribution in [3.63, 3.8) is 0 Å². The molecule has 138 valence electrons. The molecule has 1 saturated heterocycles. The summed E-state index contributed by atoms with van der Waals surface area (Å²) >= 11 is 7.72. The summed E-state index contributed by atoms with van der Waals surface area (Å²) in [7, 11) is 0. The average molecular weight is 402 g/mol. The van der Waals surface area contributed by atoms with Gasteiger partial charge >= 0.3 is 0 Å². The van der Waals surface area contributed by atoms with Gasteiger partial charge in [-0.1, -0.05) is 11.6 Å². The molecule has 6 nitrogen and oxygen atoms in total. The number of aromatic nitrogens is 1. The Morgan fingerprint density at radius 3 is 2.56 bits per heavy atom. The number of rotatable bonds is 3. The molecule has 1 amide bonds. The molecule has 27 heavy (non-hydrogen) atoms. The lowest BCUT2D eigenvalue weighted by Crippen LogP contribution is -2.37. The summed E-state index contributed by atoms with van der Waals surface area (Å²) in [6.07, 6.45) is 1.71. The number of hydrogen-bond donors (Lipinski definition) is 0. The van der Waals surface area contributed by atoms with Crippen LogP contribution in [0.25, 0.3) is 10.2 Å². The summed E-state index contributed by atoms with van der Waals surface area (Å²) < 4.78 is 1.12. The minimum atomic E-state index is -0.467. The van der Waals surface area contributed by atoms with E-state index in [4.69, 9.17) is 16.6 Å². The molecule has 1 aromatic heterocycles. The molecule has 1 aliphatic heterocycles. The van der Waals surface area contributed by atoms with Crippen LogP contribution in [-0.2, 0) is 0 Å². The van der Waals surface area contributed by atoms with Gasteiger partial charge in [-0.15, -0.1) is 11.3 Å². The highest BCUT2D eigenvalue weighted by Crippen LogP contribution is 2.35. The Morgan fingerprint density at radius 1 is 1.19 bits per heavy atom. The van der Waals surface area contributed by atoms with Crippen molar-refractivity contribution in [3.8, 4) is 0 Å². The first kappa shape index (κ1) is 17.9. The molecule has 0 unspecified atom stereocenters. The van der Waals surface area contributed by atoms with Gasteiger partial charge in [0.15, 0.2) is 0 Å². The van der Waals surface area contributed by atoms with Crippen LogP contribution in [0.3, 0.4) is 0 Å². The molecule has 3 aromatic rings. The predicted octanol–water partition coefficient (Wildman–Crippen LogP) is 4.88. The number of piperidine rings is 1. The second kappa shape index (κ2) is 7.25. The molecule has 1 aliphatic rings. The zero-order valence-electron chi connectivity index (χ0n) is 14.3. The van der Waals surface area contributed by atoms with Crippen LogP contribution in [0.1, 0.15) is 34.1 Å². The summed E-state index contributed by atoms with van der Waals surface area (Å²) in [6.45, 7) is 1.30. The first-order valence-corrected chi connectivity index (χ1v) is 9.80. The van der Waals surface area contributed by atoms with E-state index in [2.05, 4.69) is 0 Å². The van der Waals surface area contributed by atoms with E-state index in [1.165, 1.54) is 24.3 Å². The standard InChI is InChI=1S/C19H16ClN3O3S/c20-14-3-6-17-16(11-14)21-18(27-17)12-7-9-22(10-8-12)19(24)13-1-4-15(5-2-13)23(25)26/h1-6,11-12H,7-10H2. The fraction of sp³-hybridized carbons (Fsp3) is 0.263. The third-order valence-corrected chi connectivity index (χ3v) is 6.26. The monoisotopic (exact) mass is 401 g/mol. The Balaban J connectivity index is 1.43. The van der Waals surface area contributed by atoms with Gasteiger partial charge in [-0.05, 0) is 43.2 Å². The Kier molecular flexibility index (Phi) is 4.80. The molecule has 0 N–H and O–H groups in total. The number of likely N-dealkylation sites (tertiary alicyclic amines) is 1. The van der Waals surface area contributed by atoms with E-state index in [1.54, 1.807) is 11.3 Å². The second-order valence-electron chi connectivity index (χ2n) is 6.53. The van der Waals surface area contributed by atoms with Crippen LogP contribution in [0.15, 0.2) is 42.5 Å². The van der Waals surface area contributed by atoms with Crippen LogP contribution in [0, 0.1) is 10.1 Å². The summed E-state index contributed by atoms with van der Waals surface area (Å²) in [5.41, 5.74) is 1.39. The van der Waals surface area contributed by atoms with Gasteiger partial charge in [0, 0.05) is 41.7 Å². The molecule has 0 radical (unpaired) electrons. The van der Waals surface area contributed by atoms with E-state index in [0.29, 0.717) is 29.6 Å². The Morgan fingerprint density at radius 2 is 1.89 bits per heavy atom. The normalized spacial score (nSPS) is 15.2. The van der Waals surface area contributed by atoms with Crippen molar-refractivity contribution in [1.82, 2.24) is 9.88 Å². The van der Waals surface area contributed by atoms with Gasteiger partial charge in [0.1, 0.15) is 0 Å². The summed E-state index contributed by atoms with van der Waals surface area (Å²) in [4.78, 5) is 29.4. The van der Waals surface area contributed by atoms with Gasteiger partial charge in [0.25, 0.3) is 11.6 Å². The van der Waals surface area contributed by atoms with Crippen LogP contribution in [0.2, 0.25) is 5.02 Å². The van der Waals surface area contributed by atoms with Crippen LogP contribution in [0.5, 0.6) is 0 Å². The topological polar surface area (TPSA) is 76.3 Å². The van der Waals surface area contributed by atoms with Crippen LogP contribution < -0.4 is 0 Å². The summed E-state index contributed by atoms with van der Waals surface area (Å²) in [6, 6.07) is 11.5. The molecule has 2 heterocycles. The van der Waals surface area contributed by atoms with Crippen LogP contribution >= 0.6 is 22.9 Å². The first-order valence-electron chi connectivity index (χ1n) is 8.61. The highest BCUT2D eigenvalue weighted by Gasteiger charge is 2.26. The van der Waals surface area contributed by atoms with Gasteiger partial charge in [0.05, 0.1) is 20.1 Å². The van der Waals surface area contributed by atoms with Gasteiger partial charge in [-0.25, -0.2) is 4.98 Å². The highest BCUT2D eigenvalue weighted by molar-refractivity contribution is 7.18. The zero-order chi connectivity index (χ0) is 19.0. The minimum Gasteiger partial charge on any atom is -0.339 e. The SMILES string of the molecule is O=C(c1ccc([N+](=O)[O-])cc1)N1CCC(c2nc3cc(Cl)ccc3s2)CC1. The number of nitro benzene ring substituents is 1. The third-order valence-electron chi connectivity index (χ3n) is 4.82. The molecule has 1 fully saturated rings. The molecule has 4 rings (SSSR count). The zero-order valence-corrected chi connectivity index (χ0v) is 15.9. The van der Waals surface area contributed by atoms with Gasteiger partial charge < -0.3 is 4.90 Å². The fourth-order valence-electron chi connectivity index (χ4n) is 3.33. The van der Waals surface area contributed by atoms with Crippen molar-refractivity contribution in [3.05, 3.63) is 68.2 Å². The highest BCUT2D eigenvalue weighted by atomic mass is 35.5. The minimum absolute atomic E-state index is 0.0128. The molecule has 0 spiro atoms. The van der Waals surface area contributed by atoms with Crippen molar-refractivity contribution in [1.29, 1.82) is 0 Å². The number of fused-ring (bicyclic) bond motifs is 1. The van der Waals surface area contributed by atoms with E-state index < -0.39 is 4.92 Å². The number of amides is 1. The maximum atomic E-state index is 12.6. The van der Waals surface area contributed by atoms with Crippen LogP contribution in [-0.4, -0.2) is 33.8 Å². The average Bonchev–Trinajstić information content (AvgIpc) is 3.11. The second-order valence-corrected chi connectivity index (χ2v) is 8.03. The Hall–Kier alpha value is -2.51. The van der Waals surface area contributed by atoms with Crippen molar-refractivity contribution in [2.45, 2.75) is 18.8 Å². The molecule has 8 heteroatoms. The number of halogens is 1. The molecule has 0 atom stereocenters. The number of thiazole rings is 1. The number of carbonyl (C=O) groups excluding carboxylic acids is 1. The lowest BCUT2D eigenvalue weighted by molar-refractivity contribution is -0.384. The van der Waals surface area contributed by atoms with E-state index in [0.717, 1.165) is 28.1 Å². The maximum Gasteiger partial charge on any atom is 0.269 e. The van der Waals surface area contributed by atoms with Gasteiger partial charge in [-0.3, -0.25) is 14.9 Å². The van der Waals surface area contributed by atoms with E-state index in [1.807, 2.05) is 23.1 Å². The molecule has 0 aliphatic carbocycles. The molecule has 2 aromatic carbocycles. The summed E-state index contributed by atoms with van der Waals surface area (Å²) in [5.74, 6) is 0.251. The largest absolute Gasteiger partial charge is 0.339 e. The molecular weight excluding hydrogens is 386 g/mol. The summed E-state index contributed by atoms with van der Waals surface area (Å²) in [5, 5.41) is 12.5. The predicted molar refractivity (Wildman–Crippen MR) is 106 cm³/mol. The lowest BCUT2D eigenvalue weighted by Gasteiger charge is -2.31. The number of nitro groups is 1. The van der Waals surface area contributed by atoms with Gasteiger partial charge in [-0.2, -0.15) is 0 Å². The quantitative estimate of drug-likeness (QED) is 0.463. The van der Waals surface area contributed by atoms with Gasteiger partial charge in [0.2, 0.25) is 0 Å². The lowest BCUT2D eigenvalue weighted by atomic mass is 9.97. The van der Waals surface area contributed by atoms with E-state index in [9.17, 15) is 14.9 Å². The molecular formula is C19H16ClN3O3S. The number of nitrogens with zero attached hydrogens (tertiary/aromatic N) is 3. The number of hydrogen-bond acceptors (Lipinski definition) is 5. The third kappa shape index (κ3) is 3.65. The van der Waals surface area contributed by atoms with Crippen LogP contribution in [0.4, 0.5) is 5.69 Å². The number of carbonyl (C=O) groups is 1. The van der Waals surface area contributed by atoms with Crippen molar-refractivity contribution < 1.29 is 9.72 Å². The smallest absolute Gasteiger partial charge is 0.269 e. The fourth-order valence-corrected chi connectivity index (χ4v) is 4.61. The van der Waals surface area contributed by atoms with Crippen molar-refractivity contribution >= 4 is 44.7 Å². The van der Waals surface area contributed by atoms with E-state index in [-0.39, 0.29) is 11.6 Å². The van der Waals surface area contributed by atoms with Crippen molar-refractivity contribution in [2.24, 2.45) is 0 Å². The van der Waals surface area contributed by atoms with Crippen molar-refractivity contribution in [2.75, 3.05) is 13.1 Å². The first-order chi connectivity index (χ1) is 13.0. The Bertz CT molecular complexity index is 1010. The number of non-ortho nitro benzene ring substituents is 1. The Labute approximate surface area is 164 Å². The molecule has 0 bridgehead atoms. The maximum absolute atomic E-state index is 12.6. The number of benzene rings is 2. The molecule has 0 saturated carbocycles. The van der Waals surface area contributed by atoms with E-state index >= 15 is 0 Å².